The molecule has 16 heavy (non-hydrogen) atoms. The molecule has 0 saturated heterocycles. The van der Waals surface area contributed by atoms with Gasteiger partial charge in [0.2, 0.25) is 0 Å². The van der Waals surface area contributed by atoms with E-state index in [4.69, 9.17) is 17.3 Å². The molecule has 0 radical (unpaired) electrons. The summed E-state index contributed by atoms with van der Waals surface area (Å²) in [5.74, 6) is -0.366. The van der Waals surface area contributed by atoms with Crippen molar-refractivity contribution in [2.24, 2.45) is 5.73 Å². The lowest BCUT2D eigenvalue weighted by molar-refractivity contribution is 0.606. The van der Waals surface area contributed by atoms with Crippen LogP contribution in [0.4, 0.5) is 4.39 Å². The molecule has 0 aliphatic carbocycles. The molecule has 0 fully saturated rings. The summed E-state index contributed by atoms with van der Waals surface area (Å²) in [7, 11) is 0. The summed E-state index contributed by atoms with van der Waals surface area (Å²) in [5, 5.41) is 4.40. The Kier molecular flexibility index (Phi) is 2.94. The molecule has 1 aromatic carbocycles. The molecule has 2 N–H and O–H groups in total. The van der Waals surface area contributed by atoms with Crippen molar-refractivity contribution in [3.63, 3.8) is 0 Å². The van der Waals surface area contributed by atoms with E-state index < -0.39 is 0 Å². The van der Waals surface area contributed by atoms with E-state index in [0.717, 1.165) is 5.56 Å². The standard InChI is InChI=1S/C11H11ClFN3/c1-7(14)8-2-3-11(10(13)4-8)16-6-9(12)5-15-16/h2-7H,14H2,1H3. The number of halogens is 2. The highest BCUT2D eigenvalue weighted by Gasteiger charge is 2.08. The van der Waals surface area contributed by atoms with Gasteiger partial charge < -0.3 is 5.73 Å². The number of nitrogens with two attached hydrogens (primary N) is 1. The Hall–Kier alpha value is -1.39. The molecule has 84 valence electrons. The van der Waals surface area contributed by atoms with Gasteiger partial charge in [0.05, 0.1) is 11.2 Å². The van der Waals surface area contributed by atoms with Crippen LogP contribution in [0.1, 0.15) is 18.5 Å². The topological polar surface area (TPSA) is 43.8 Å². The lowest BCUT2D eigenvalue weighted by Crippen LogP contribution is -2.06. The predicted octanol–water partition coefficient (Wildman–Crippen LogP) is 2.68. The van der Waals surface area contributed by atoms with Crippen LogP contribution in [0.2, 0.25) is 5.02 Å². The zero-order chi connectivity index (χ0) is 11.7. The van der Waals surface area contributed by atoms with Crippen LogP contribution in [0.5, 0.6) is 0 Å². The van der Waals surface area contributed by atoms with Crippen molar-refractivity contribution in [1.29, 1.82) is 0 Å². The molecule has 1 unspecified atom stereocenters. The van der Waals surface area contributed by atoms with Crippen molar-refractivity contribution < 1.29 is 4.39 Å². The van der Waals surface area contributed by atoms with Crippen LogP contribution in [0.15, 0.2) is 30.6 Å². The van der Waals surface area contributed by atoms with Crippen molar-refractivity contribution in [2.75, 3.05) is 0 Å². The lowest BCUT2D eigenvalue weighted by Gasteiger charge is -2.08. The van der Waals surface area contributed by atoms with Crippen molar-refractivity contribution in [1.82, 2.24) is 9.78 Å². The molecule has 0 bridgehead atoms. The first-order chi connectivity index (χ1) is 7.58. The highest BCUT2D eigenvalue weighted by Crippen LogP contribution is 2.19. The van der Waals surface area contributed by atoms with Crippen molar-refractivity contribution in [3.05, 3.63) is 47.0 Å². The fourth-order valence-electron chi connectivity index (χ4n) is 1.42. The van der Waals surface area contributed by atoms with E-state index in [1.54, 1.807) is 25.3 Å². The maximum absolute atomic E-state index is 13.7. The van der Waals surface area contributed by atoms with E-state index in [-0.39, 0.29) is 11.9 Å². The van der Waals surface area contributed by atoms with Gasteiger partial charge in [0.1, 0.15) is 11.5 Å². The molecule has 0 spiro atoms. The Labute approximate surface area is 97.6 Å². The maximum atomic E-state index is 13.7. The summed E-state index contributed by atoms with van der Waals surface area (Å²) in [6.45, 7) is 1.80. The zero-order valence-corrected chi connectivity index (χ0v) is 9.45. The van der Waals surface area contributed by atoms with E-state index in [2.05, 4.69) is 5.10 Å². The van der Waals surface area contributed by atoms with E-state index >= 15 is 0 Å². The number of rotatable bonds is 2. The highest BCUT2D eigenvalue weighted by molar-refractivity contribution is 6.30. The summed E-state index contributed by atoms with van der Waals surface area (Å²) in [5.41, 5.74) is 6.77. The zero-order valence-electron chi connectivity index (χ0n) is 8.69. The van der Waals surface area contributed by atoms with Gasteiger partial charge in [-0.2, -0.15) is 5.10 Å². The first-order valence-corrected chi connectivity index (χ1v) is 5.21. The van der Waals surface area contributed by atoms with Crippen LogP contribution >= 0.6 is 11.6 Å². The second-order valence-corrected chi connectivity index (χ2v) is 4.04. The van der Waals surface area contributed by atoms with Crippen LogP contribution in [0.25, 0.3) is 5.69 Å². The third-order valence-corrected chi connectivity index (χ3v) is 2.49. The molecule has 0 aliphatic heterocycles. The summed E-state index contributed by atoms with van der Waals surface area (Å²) >= 11 is 5.72. The highest BCUT2D eigenvalue weighted by atomic mass is 35.5. The van der Waals surface area contributed by atoms with Gasteiger partial charge in [-0.15, -0.1) is 0 Å². The molecular formula is C11H11ClFN3. The minimum Gasteiger partial charge on any atom is -0.324 e. The molecular weight excluding hydrogens is 229 g/mol. The predicted molar refractivity (Wildman–Crippen MR) is 61.1 cm³/mol. The maximum Gasteiger partial charge on any atom is 0.149 e. The van der Waals surface area contributed by atoms with Crippen molar-refractivity contribution in [2.45, 2.75) is 13.0 Å². The van der Waals surface area contributed by atoms with Crippen LogP contribution in [-0.2, 0) is 0 Å². The molecule has 1 atom stereocenters. The SMILES string of the molecule is CC(N)c1ccc(-n2cc(Cl)cn2)c(F)c1. The molecule has 0 saturated carbocycles. The fourth-order valence-corrected chi connectivity index (χ4v) is 1.56. The van der Waals surface area contributed by atoms with Gasteiger partial charge in [0.15, 0.2) is 0 Å². The quantitative estimate of drug-likeness (QED) is 0.876. The molecule has 2 rings (SSSR count). The van der Waals surface area contributed by atoms with Crippen LogP contribution in [0.3, 0.4) is 0 Å². The average Bonchev–Trinajstić information content (AvgIpc) is 2.64. The van der Waals surface area contributed by atoms with Crippen molar-refractivity contribution >= 4 is 11.6 Å². The first kappa shape index (κ1) is 11.1. The number of hydrogen-bond acceptors (Lipinski definition) is 2. The normalized spacial score (nSPS) is 12.8. The van der Waals surface area contributed by atoms with Gasteiger partial charge >= 0.3 is 0 Å². The molecule has 0 aliphatic rings. The van der Waals surface area contributed by atoms with Crippen LogP contribution < -0.4 is 5.73 Å². The Morgan fingerprint density at radius 2 is 2.25 bits per heavy atom. The average molecular weight is 240 g/mol. The summed E-state index contributed by atoms with van der Waals surface area (Å²) in [6.07, 6.45) is 3.01. The number of benzene rings is 1. The van der Waals surface area contributed by atoms with E-state index in [1.165, 1.54) is 16.9 Å². The Balaban J connectivity index is 2.44. The Morgan fingerprint density at radius 1 is 1.50 bits per heavy atom. The summed E-state index contributed by atoms with van der Waals surface area (Å²) < 4.78 is 15.1. The van der Waals surface area contributed by atoms with Crippen molar-refractivity contribution in [3.8, 4) is 5.69 Å². The van der Waals surface area contributed by atoms with Gasteiger partial charge in [-0.1, -0.05) is 17.7 Å². The van der Waals surface area contributed by atoms with Crippen LogP contribution in [0, 0.1) is 5.82 Å². The van der Waals surface area contributed by atoms with E-state index in [0.29, 0.717) is 10.7 Å². The third kappa shape index (κ3) is 2.08. The second kappa shape index (κ2) is 4.23. The first-order valence-electron chi connectivity index (χ1n) is 4.83. The molecule has 1 aromatic heterocycles. The Bertz CT molecular complexity index is 508. The molecule has 3 nitrogen and oxygen atoms in total. The molecule has 5 heteroatoms. The van der Waals surface area contributed by atoms with Crippen LogP contribution in [-0.4, -0.2) is 9.78 Å². The van der Waals surface area contributed by atoms with Gasteiger partial charge in [0, 0.05) is 12.2 Å². The largest absolute Gasteiger partial charge is 0.324 e. The van der Waals surface area contributed by atoms with Gasteiger partial charge in [0.25, 0.3) is 0 Å². The summed E-state index contributed by atoms with van der Waals surface area (Å²) in [4.78, 5) is 0. The number of hydrogen-bond donors (Lipinski definition) is 1. The number of nitrogens with zero attached hydrogens (tertiary/aromatic N) is 2. The Morgan fingerprint density at radius 3 is 2.75 bits per heavy atom. The van der Waals surface area contributed by atoms with Gasteiger partial charge in [-0.25, -0.2) is 9.07 Å². The third-order valence-electron chi connectivity index (χ3n) is 2.30. The molecule has 2 aromatic rings. The summed E-state index contributed by atoms with van der Waals surface area (Å²) in [6, 6.07) is 4.63. The monoisotopic (exact) mass is 239 g/mol. The molecule has 1 heterocycles. The number of aromatic nitrogens is 2. The minimum atomic E-state index is -0.366. The van der Waals surface area contributed by atoms with Gasteiger partial charge in [-0.3, -0.25) is 0 Å². The van der Waals surface area contributed by atoms with Gasteiger partial charge in [-0.05, 0) is 24.6 Å². The lowest BCUT2D eigenvalue weighted by atomic mass is 10.1. The van der Waals surface area contributed by atoms with E-state index in [1.807, 2.05) is 0 Å². The second-order valence-electron chi connectivity index (χ2n) is 3.60. The van der Waals surface area contributed by atoms with E-state index in [9.17, 15) is 4.39 Å². The minimum absolute atomic E-state index is 0.190. The molecule has 0 amide bonds. The smallest absolute Gasteiger partial charge is 0.149 e. The fraction of sp³-hybridized carbons (Fsp3) is 0.182.